The number of hydrogen-bond acceptors (Lipinski definition) is 3. The lowest BCUT2D eigenvalue weighted by atomic mass is 9.44. The summed E-state index contributed by atoms with van der Waals surface area (Å²) < 4.78 is 0. The quantitative estimate of drug-likeness (QED) is 0.510. The molecule has 4 rings (SSSR count). The number of carbonyl (C=O) groups excluding carboxylic acids is 1. The summed E-state index contributed by atoms with van der Waals surface area (Å²) in [5, 5.41) is 20.5. The van der Waals surface area contributed by atoms with E-state index in [9.17, 15) is 15.0 Å². The SMILES string of the molecule is C[C@]12C/C(=C/O)C(=O)CC1CC[C@@H]1[C@@H]2CC[C@@]2(C)[C@H]1CC[C@@]2(C)O. The van der Waals surface area contributed by atoms with E-state index in [0.717, 1.165) is 44.8 Å². The fourth-order valence-electron chi connectivity index (χ4n) is 7.37. The zero-order valence-electron chi connectivity index (χ0n) is 15.3. The first-order valence-electron chi connectivity index (χ1n) is 9.82. The number of ketones is 1. The fourth-order valence-corrected chi connectivity index (χ4v) is 7.37. The van der Waals surface area contributed by atoms with E-state index in [0.29, 0.717) is 35.7 Å². The molecule has 4 fully saturated rings. The van der Waals surface area contributed by atoms with E-state index in [1.54, 1.807) is 0 Å². The van der Waals surface area contributed by atoms with Crippen molar-refractivity contribution in [1.82, 2.24) is 0 Å². The number of fused-ring (bicyclic) bond motifs is 5. The highest BCUT2D eigenvalue weighted by atomic mass is 16.3. The Balaban J connectivity index is 1.67. The van der Waals surface area contributed by atoms with E-state index in [1.807, 2.05) is 6.92 Å². The van der Waals surface area contributed by atoms with Gasteiger partial charge in [-0.1, -0.05) is 13.8 Å². The normalized spacial score (nSPS) is 55.8. The van der Waals surface area contributed by atoms with E-state index in [2.05, 4.69) is 13.8 Å². The van der Waals surface area contributed by atoms with Crippen LogP contribution in [-0.4, -0.2) is 21.6 Å². The molecule has 0 aromatic heterocycles. The van der Waals surface area contributed by atoms with Crippen molar-refractivity contribution in [1.29, 1.82) is 0 Å². The first-order valence-corrected chi connectivity index (χ1v) is 9.82. The van der Waals surface area contributed by atoms with Gasteiger partial charge in [-0.25, -0.2) is 0 Å². The first-order chi connectivity index (χ1) is 11.2. The third kappa shape index (κ3) is 1.97. The molecule has 0 amide bonds. The van der Waals surface area contributed by atoms with Gasteiger partial charge in [-0.15, -0.1) is 0 Å². The molecule has 4 saturated carbocycles. The Kier molecular flexibility index (Phi) is 3.53. The van der Waals surface area contributed by atoms with Gasteiger partial charge in [-0.05, 0) is 86.4 Å². The summed E-state index contributed by atoms with van der Waals surface area (Å²) in [4.78, 5) is 12.2. The number of aliphatic hydroxyl groups is 2. The highest BCUT2D eigenvalue weighted by Crippen LogP contribution is 2.68. The molecule has 0 heterocycles. The minimum absolute atomic E-state index is 0.0531. The summed E-state index contributed by atoms with van der Waals surface area (Å²) in [6.45, 7) is 6.74. The largest absolute Gasteiger partial charge is 0.515 e. The number of carbonyl (C=O) groups is 1. The molecule has 3 heteroatoms. The predicted octanol–water partition coefficient (Wildman–Crippen LogP) is 4.40. The molecule has 0 radical (unpaired) electrons. The summed E-state index contributed by atoms with van der Waals surface area (Å²) in [5.74, 6) is 2.55. The second-order valence-electron chi connectivity index (χ2n) is 9.88. The van der Waals surface area contributed by atoms with Crippen LogP contribution in [0.1, 0.15) is 72.1 Å². The predicted molar refractivity (Wildman–Crippen MR) is 93.5 cm³/mol. The number of allylic oxidation sites excluding steroid dienone is 1. The van der Waals surface area contributed by atoms with Crippen LogP contribution in [-0.2, 0) is 4.79 Å². The summed E-state index contributed by atoms with van der Waals surface area (Å²) in [6, 6.07) is 0. The second-order valence-corrected chi connectivity index (χ2v) is 9.88. The zero-order chi connectivity index (χ0) is 17.3. The minimum Gasteiger partial charge on any atom is -0.515 e. The summed E-state index contributed by atoms with van der Waals surface area (Å²) >= 11 is 0. The van der Waals surface area contributed by atoms with Gasteiger partial charge in [0.2, 0.25) is 0 Å². The number of Topliss-reactive ketones (excluding diaryl/α,β-unsaturated/α-hetero) is 1. The van der Waals surface area contributed by atoms with Crippen LogP contribution in [0.15, 0.2) is 11.8 Å². The second kappa shape index (κ2) is 5.09. The zero-order valence-corrected chi connectivity index (χ0v) is 15.3. The van der Waals surface area contributed by atoms with Gasteiger partial charge < -0.3 is 10.2 Å². The van der Waals surface area contributed by atoms with Crippen molar-refractivity contribution in [2.24, 2.45) is 34.5 Å². The van der Waals surface area contributed by atoms with Gasteiger partial charge in [-0.3, -0.25) is 4.79 Å². The molecule has 0 spiro atoms. The Bertz CT molecular complexity index is 592. The monoisotopic (exact) mass is 332 g/mol. The highest BCUT2D eigenvalue weighted by Gasteiger charge is 2.63. The molecule has 4 aliphatic rings. The number of rotatable bonds is 0. The van der Waals surface area contributed by atoms with Crippen LogP contribution in [0.25, 0.3) is 0 Å². The Hall–Kier alpha value is -0.830. The van der Waals surface area contributed by atoms with E-state index in [4.69, 9.17) is 0 Å². The minimum atomic E-state index is -0.529. The molecule has 3 nitrogen and oxygen atoms in total. The average molecular weight is 332 g/mol. The molecule has 4 aliphatic carbocycles. The molecular weight excluding hydrogens is 300 g/mol. The lowest BCUT2D eigenvalue weighted by Crippen LogP contribution is -2.56. The Morgan fingerprint density at radius 2 is 1.75 bits per heavy atom. The van der Waals surface area contributed by atoms with Crippen LogP contribution >= 0.6 is 0 Å². The third-order valence-corrected chi connectivity index (χ3v) is 9.14. The Labute approximate surface area is 145 Å². The van der Waals surface area contributed by atoms with Gasteiger partial charge in [0.05, 0.1) is 11.9 Å². The van der Waals surface area contributed by atoms with Crippen molar-refractivity contribution < 1.29 is 15.0 Å². The highest BCUT2D eigenvalue weighted by molar-refractivity contribution is 5.96. The van der Waals surface area contributed by atoms with E-state index in [1.165, 1.54) is 6.42 Å². The maximum atomic E-state index is 12.2. The Morgan fingerprint density at radius 1 is 1.04 bits per heavy atom. The lowest BCUT2D eigenvalue weighted by molar-refractivity contribution is -0.147. The number of hydrogen-bond donors (Lipinski definition) is 2. The van der Waals surface area contributed by atoms with Crippen molar-refractivity contribution in [3.63, 3.8) is 0 Å². The Morgan fingerprint density at radius 3 is 2.46 bits per heavy atom. The van der Waals surface area contributed by atoms with Crippen molar-refractivity contribution >= 4 is 5.78 Å². The smallest absolute Gasteiger partial charge is 0.162 e. The molecular formula is C21H32O3. The molecule has 134 valence electrons. The molecule has 0 aromatic carbocycles. The van der Waals surface area contributed by atoms with E-state index in [-0.39, 0.29) is 16.6 Å². The lowest BCUT2D eigenvalue weighted by Gasteiger charge is -2.61. The van der Waals surface area contributed by atoms with Crippen LogP contribution in [0, 0.1) is 34.5 Å². The van der Waals surface area contributed by atoms with Crippen molar-refractivity contribution in [2.75, 3.05) is 0 Å². The molecule has 1 unspecified atom stereocenters. The van der Waals surface area contributed by atoms with Crippen LogP contribution in [0.5, 0.6) is 0 Å². The maximum Gasteiger partial charge on any atom is 0.162 e. The van der Waals surface area contributed by atoms with Crippen molar-refractivity contribution in [2.45, 2.75) is 77.7 Å². The van der Waals surface area contributed by atoms with E-state index < -0.39 is 5.60 Å². The summed E-state index contributed by atoms with van der Waals surface area (Å²) in [7, 11) is 0. The van der Waals surface area contributed by atoms with Crippen LogP contribution in [0.2, 0.25) is 0 Å². The van der Waals surface area contributed by atoms with Gasteiger partial charge >= 0.3 is 0 Å². The first kappa shape index (κ1) is 16.6. The van der Waals surface area contributed by atoms with Crippen LogP contribution < -0.4 is 0 Å². The summed E-state index contributed by atoms with van der Waals surface area (Å²) in [6.07, 6.45) is 9.11. The standard InChI is InChI=1S/C21H32O3/c1-19-11-13(12-22)18(23)10-14(19)4-5-15-16(19)6-8-20(2)17(15)7-9-21(20,3)24/h12,14-17,22,24H,4-11H2,1-3H3/b13-12-/t14?,15-,16+,17+,19+,20+,21-/m1/s1. The molecule has 24 heavy (non-hydrogen) atoms. The molecule has 0 bridgehead atoms. The van der Waals surface area contributed by atoms with Gasteiger partial charge in [0.25, 0.3) is 0 Å². The molecule has 2 N–H and O–H groups in total. The number of aliphatic hydroxyl groups excluding tert-OH is 1. The fraction of sp³-hybridized carbons (Fsp3) is 0.857. The molecule has 0 aromatic rings. The van der Waals surface area contributed by atoms with Gasteiger partial charge in [0.15, 0.2) is 5.78 Å². The van der Waals surface area contributed by atoms with Crippen LogP contribution in [0.3, 0.4) is 0 Å². The van der Waals surface area contributed by atoms with Gasteiger partial charge in [-0.2, -0.15) is 0 Å². The molecule has 0 saturated heterocycles. The van der Waals surface area contributed by atoms with Crippen molar-refractivity contribution in [3.05, 3.63) is 11.8 Å². The van der Waals surface area contributed by atoms with E-state index >= 15 is 0 Å². The van der Waals surface area contributed by atoms with Crippen molar-refractivity contribution in [3.8, 4) is 0 Å². The third-order valence-electron chi connectivity index (χ3n) is 9.14. The van der Waals surface area contributed by atoms with Gasteiger partial charge in [0, 0.05) is 12.0 Å². The molecule has 0 aliphatic heterocycles. The van der Waals surface area contributed by atoms with Crippen LogP contribution in [0.4, 0.5) is 0 Å². The molecule has 7 atom stereocenters. The average Bonchev–Trinajstić information content (AvgIpc) is 2.77. The van der Waals surface area contributed by atoms with Gasteiger partial charge in [0.1, 0.15) is 0 Å². The summed E-state index contributed by atoms with van der Waals surface area (Å²) in [5.41, 5.74) is 0.304. The topological polar surface area (TPSA) is 57.5 Å². The maximum absolute atomic E-state index is 12.2.